The van der Waals surface area contributed by atoms with Crippen LogP contribution in [0.15, 0.2) is 30.6 Å². The first-order valence-corrected chi connectivity index (χ1v) is 8.39. The van der Waals surface area contributed by atoms with E-state index >= 15 is 0 Å². The first-order chi connectivity index (χ1) is 11.2. The number of aromatic nitrogens is 2. The number of piperidine rings is 1. The first-order valence-electron chi connectivity index (χ1n) is 8.39. The summed E-state index contributed by atoms with van der Waals surface area (Å²) in [5, 5.41) is 3.38. The normalized spacial score (nSPS) is 18.0. The Kier molecular flexibility index (Phi) is 4.65. The van der Waals surface area contributed by atoms with E-state index in [1.165, 1.54) is 18.4 Å². The average Bonchev–Trinajstić information content (AvgIpc) is 2.57. The Morgan fingerprint density at radius 1 is 1.30 bits per heavy atom. The van der Waals surface area contributed by atoms with Gasteiger partial charge in [0.2, 0.25) is 0 Å². The molecule has 0 spiro atoms. The number of benzene rings is 1. The van der Waals surface area contributed by atoms with E-state index in [-0.39, 0.29) is 0 Å². The van der Waals surface area contributed by atoms with Crippen molar-refractivity contribution in [2.24, 2.45) is 5.92 Å². The lowest BCUT2D eigenvalue weighted by Crippen LogP contribution is -2.35. The highest BCUT2D eigenvalue weighted by atomic mass is 15.2. The average molecular weight is 311 g/mol. The summed E-state index contributed by atoms with van der Waals surface area (Å²) < 4.78 is 0. The third-order valence-corrected chi connectivity index (χ3v) is 4.47. The standard InChI is InChI=1S/C18H25N5/c1-3-14-8-4-5-9-15(14)22-17-16(19)18(21-12-20-17)23-10-6-7-13(2)11-23/h4-5,8-9,12-13H,3,6-7,10-11,19H2,1-2H3,(H,20,21,22). The van der Waals surface area contributed by atoms with Crippen molar-refractivity contribution in [3.05, 3.63) is 36.2 Å². The van der Waals surface area contributed by atoms with Crippen molar-refractivity contribution < 1.29 is 0 Å². The molecule has 0 amide bonds. The lowest BCUT2D eigenvalue weighted by Gasteiger charge is -2.32. The third kappa shape index (κ3) is 3.38. The molecule has 3 N–H and O–H groups in total. The van der Waals surface area contributed by atoms with Crippen molar-refractivity contribution in [1.82, 2.24) is 9.97 Å². The maximum Gasteiger partial charge on any atom is 0.159 e. The fraction of sp³-hybridized carbons (Fsp3) is 0.444. The molecule has 1 aliphatic rings. The predicted octanol–water partition coefficient (Wildman–Crippen LogP) is 3.60. The van der Waals surface area contributed by atoms with Gasteiger partial charge in [0.15, 0.2) is 11.6 Å². The number of nitrogens with one attached hydrogen (secondary N) is 1. The Bertz CT molecular complexity index is 670. The molecule has 122 valence electrons. The Balaban J connectivity index is 1.87. The van der Waals surface area contributed by atoms with Crippen LogP contribution < -0.4 is 16.0 Å². The molecule has 0 aliphatic carbocycles. The van der Waals surface area contributed by atoms with Crippen LogP contribution in [0.25, 0.3) is 0 Å². The number of nitrogens with two attached hydrogens (primary N) is 1. The Hall–Kier alpha value is -2.30. The van der Waals surface area contributed by atoms with Crippen molar-refractivity contribution in [2.45, 2.75) is 33.1 Å². The molecule has 2 aromatic rings. The SMILES string of the molecule is CCc1ccccc1Nc1ncnc(N2CCCC(C)C2)c1N. The minimum atomic E-state index is 0.632. The minimum Gasteiger partial charge on any atom is -0.393 e. The van der Waals surface area contributed by atoms with Crippen LogP contribution in [-0.2, 0) is 6.42 Å². The van der Waals surface area contributed by atoms with E-state index in [9.17, 15) is 0 Å². The molecule has 1 aromatic carbocycles. The summed E-state index contributed by atoms with van der Waals surface area (Å²) >= 11 is 0. The Morgan fingerprint density at radius 3 is 2.91 bits per heavy atom. The smallest absolute Gasteiger partial charge is 0.159 e. The van der Waals surface area contributed by atoms with Gasteiger partial charge in [-0.25, -0.2) is 9.97 Å². The van der Waals surface area contributed by atoms with Gasteiger partial charge in [-0.05, 0) is 36.8 Å². The van der Waals surface area contributed by atoms with E-state index in [0.717, 1.165) is 31.0 Å². The molecular formula is C18H25N5. The summed E-state index contributed by atoms with van der Waals surface area (Å²) in [7, 11) is 0. The van der Waals surface area contributed by atoms with Crippen LogP contribution in [0.1, 0.15) is 32.3 Å². The van der Waals surface area contributed by atoms with E-state index < -0.39 is 0 Å². The van der Waals surface area contributed by atoms with Gasteiger partial charge in [-0.2, -0.15) is 0 Å². The fourth-order valence-corrected chi connectivity index (χ4v) is 3.20. The maximum atomic E-state index is 6.37. The number of hydrogen-bond acceptors (Lipinski definition) is 5. The number of para-hydroxylation sites is 1. The van der Waals surface area contributed by atoms with Gasteiger partial charge in [0.05, 0.1) is 0 Å². The topological polar surface area (TPSA) is 67.1 Å². The molecule has 2 heterocycles. The number of aryl methyl sites for hydroxylation is 1. The maximum absolute atomic E-state index is 6.37. The van der Waals surface area contributed by atoms with E-state index in [2.05, 4.69) is 46.2 Å². The number of rotatable bonds is 4. The molecule has 5 heteroatoms. The Labute approximate surface area is 137 Å². The summed E-state index contributed by atoms with van der Waals surface area (Å²) in [5.74, 6) is 2.22. The number of nitrogens with zero attached hydrogens (tertiary/aromatic N) is 3. The summed E-state index contributed by atoms with van der Waals surface area (Å²) in [6.07, 6.45) is 5.02. The zero-order valence-corrected chi connectivity index (χ0v) is 13.9. The minimum absolute atomic E-state index is 0.632. The number of hydrogen-bond donors (Lipinski definition) is 2. The van der Waals surface area contributed by atoms with Crippen molar-refractivity contribution in [2.75, 3.05) is 29.0 Å². The van der Waals surface area contributed by atoms with E-state index in [1.54, 1.807) is 6.33 Å². The summed E-state index contributed by atoms with van der Waals surface area (Å²) in [4.78, 5) is 11.1. The highest BCUT2D eigenvalue weighted by Gasteiger charge is 2.21. The van der Waals surface area contributed by atoms with Crippen LogP contribution >= 0.6 is 0 Å². The molecule has 0 saturated carbocycles. The summed E-state index contributed by atoms with van der Waals surface area (Å²) in [6.45, 7) is 6.44. The molecule has 1 fully saturated rings. The van der Waals surface area contributed by atoms with Crippen molar-refractivity contribution in [3.8, 4) is 0 Å². The van der Waals surface area contributed by atoms with Gasteiger partial charge in [0.25, 0.3) is 0 Å². The molecule has 1 aromatic heterocycles. The number of anilines is 4. The van der Waals surface area contributed by atoms with E-state index in [4.69, 9.17) is 5.73 Å². The Morgan fingerprint density at radius 2 is 2.13 bits per heavy atom. The molecule has 0 radical (unpaired) electrons. The van der Waals surface area contributed by atoms with Gasteiger partial charge < -0.3 is 16.0 Å². The fourth-order valence-electron chi connectivity index (χ4n) is 3.20. The molecule has 1 saturated heterocycles. The van der Waals surface area contributed by atoms with Crippen molar-refractivity contribution in [1.29, 1.82) is 0 Å². The van der Waals surface area contributed by atoms with Gasteiger partial charge in [0.1, 0.15) is 12.0 Å². The molecule has 1 atom stereocenters. The third-order valence-electron chi connectivity index (χ3n) is 4.47. The van der Waals surface area contributed by atoms with Crippen molar-refractivity contribution in [3.63, 3.8) is 0 Å². The first kappa shape index (κ1) is 15.6. The van der Waals surface area contributed by atoms with Gasteiger partial charge in [-0.1, -0.05) is 32.0 Å². The lowest BCUT2D eigenvalue weighted by molar-refractivity contribution is 0.445. The highest BCUT2D eigenvalue weighted by molar-refractivity contribution is 5.79. The second-order valence-electron chi connectivity index (χ2n) is 6.29. The zero-order chi connectivity index (χ0) is 16.2. The van der Waals surface area contributed by atoms with E-state index in [0.29, 0.717) is 17.4 Å². The quantitative estimate of drug-likeness (QED) is 0.903. The molecule has 23 heavy (non-hydrogen) atoms. The molecule has 5 nitrogen and oxygen atoms in total. The summed E-state index contributed by atoms with van der Waals surface area (Å²) in [5.41, 5.74) is 9.30. The van der Waals surface area contributed by atoms with Crippen LogP contribution in [-0.4, -0.2) is 23.1 Å². The molecule has 0 bridgehead atoms. The van der Waals surface area contributed by atoms with Crippen LogP contribution in [0.4, 0.5) is 23.0 Å². The van der Waals surface area contributed by atoms with Gasteiger partial charge in [-0.3, -0.25) is 0 Å². The lowest BCUT2D eigenvalue weighted by atomic mass is 10.0. The van der Waals surface area contributed by atoms with Crippen LogP contribution in [0.3, 0.4) is 0 Å². The van der Waals surface area contributed by atoms with Gasteiger partial charge in [-0.15, -0.1) is 0 Å². The number of nitrogen functional groups attached to an aromatic ring is 1. The van der Waals surface area contributed by atoms with Gasteiger partial charge >= 0.3 is 0 Å². The monoisotopic (exact) mass is 311 g/mol. The van der Waals surface area contributed by atoms with Gasteiger partial charge in [0, 0.05) is 18.8 Å². The molecule has 3 rings (SSSR count). The molecule has 1 unspecified atom stereocenters. The van der Waals surface area contributed by atoms with Crippen LogP contribution in [0.2, 0.25) is 0 Å². The second kappa shape index (κ2) is 6.86. The highest BCUT2D eigenvalue weighted by Crippen LogP contribution is 2.31. The largest absolute Gasteiger partial charge is 0.393 e. The molecule has 1 aliphatic heterocycles. The van der Waals surface area contributed by atoms with E-state index in [1.807, 2.05) is 12.1 Å². The zero-order valence-electron chi connectivity index (χ0n) is 13.9. The predicted molar refractivity (Wildman–Crippen MR) is 96.2 cm³/mol. The van der Waals surface area contributed by atoms with Crippen molar-refractivity contribution >= 4 is 23.0 Å². The van der Waals surface area contributed by atoms with Crippen LogP contribution in [0, 0.1) is 5.92 Å². The summed E-state index contributed by atoms with van der Waals surface area (Å²) in [6, 6.07) is 8.25. The second-order valence-corrected chi connectivity index (χ2v) is 6.29. The molecular weight excluding hydrogens is 286 g/mol. The van der Waals surface area contributed by atoms with Crippen LogP contribution in [0.5, 0.6) is 0 Å².